The van der Waals surface area contributed by atoms with Gasteiger partial charge in [-0.05, 0) is 19.1 Å². The Balaban J connectivity index is 2.53. The highest BCUT2D eigenvalue weighted by Gasteiger charge is 2.06. The maximum Gasteiger partial charge on any atom is 0.290 e. The van der Waals surface area contributed by atoms with Gasteiger partial charge in [0.15, 0.2) is 5.76 Å². The van der Waals surface area contributed by atoms with Gasteiger partial charge < -0.3 is 10.1 Å². The van der Waals surface area contributed by atoms with Crippen LogP contribution in [0.15, 0.2) is 42.7 Å². The van der Waals surface area contributed by atoms with Crippen LogP contribution < -0.4 is 5.32 Å². The summed E-state index contributed by atoms with van der Waals surface area (Å²) in [7, 11) is 0. The van der Waals surface area contributed by atoms with Gasteiger partial charge >= 0.3 is 0 Å². The van der Waals surface area contributed by atoms with E-state index in [2.05, 4.69) is 11.9 Å². The maximum absolute atomic E-state index is 11.4. The minimum atomic E-state index is -0.307. The molecule has 3 nitrogen and oxygen atoms in total. The third-order valence-corrected chi connectivity index (χ3v) is 1.60. The number of para-hydroxylation sites is 1. The van der Waals surface area contributed by atoms with Crippen molar-refractivity contribution in [1.29, 1.82) is 0 Å². The summed E-state index contributed by atoms with van der Waals surface area (Å²) >= 11 is 0. The van der Waals surface area contributed by atoms with Crippen molar-refractivity contribution in [2.24, 2.45) is 0 Å². The molecule has 0 bridgehead atoms. The van der Waals surface area contributed by atoms with Crippen LogP contribution >= 0.6 is 0 Å². The van der Waals surface area contributed by atoms with Crippen LogP contribution in [-0.2, 0) is 9.53 Å². The predicted molar refractivity (Wildman–Crippen MR) is 55.8 cm³/mol. The summed E-state index contributed by atoms with van der Waals surface area (Å²) in [6.45, 7) is 5.76. The van der Waals surface area contributed by atoms with Crippen LogP contribution in [0, 0.1) is 0 Å². The Kier molecular flexibility index (Phi) is 3.73. The molecule has 14 heavy (non-hydrogen) atoms. The summed E-state index contributed by atoms with van der Waals surface area (Å²) in [4.78, 5) is 11.4. The van der Waals surface area contributed by atoms with E-state index in [0.29, 0.717) is 6.61 Å². The van der Waals surface area contributed by atoms with E-state index in [0.717, 1.165) is 5.69 Å². The lowest BCUT2D eigenvalue weighted by molar-refractivity contribution is -0.115. The number of ether oxygens (including phenoxy) is 1. The van der Waals surface area contributed by atoms with Crippen molar-refractivity contribution in [1.82, 2.24) is 0 Å². The van der Waals surface area contributed by atoms with Crippen molar-refractivity contribution in [3.05, 3.63) is 42.7 Å². The van der Waals surface area contributed by atoms with Crippen molar-refractivity contribution in [3.63, 3.8) is 0 Å². The standard InChI is InChI=1S/C11H13NO2/c1-3-14-9(2)11(13)12-10-7-5-4-6-8-10/h4-8H,2-3H2,1H3,(H,12,13). The molecule has 0 unspecified atom stereocenters. The van der Waals surface area contributed by atoms with Gasteiger partial charge in [0.1, 0.15) is 0 Å². The molecule has 1 amide bonds. The Morgan fingerprint density at radius 3 is 2.64 bits per heavy atom. The first-order valence-corrected chi connectivity index (χ1v) is 4.42. The molecule has 0 aliphatic rings. The molecule has 0 aliphatic heterocycles. The SMILES string of the molecule is C=C(OCC)C(=O)Nc1ccccc1. The number of anilines is 1. The highest BCUT2D eigenvalue weighted by atomic mass is 16.5. The highest BCUT2D eigenvalue weighted by molar-refractivity contribution is 6.01. The lowest BCUT2D eigenvalue weighted by Crippen LogP contribution is -2.15. The molecule has 1 N–H and O–H groups in total. The van der Waals surface area contributed by atoms with Crippen molar-refractivity contribution in [3.8, 4) is 0 Å². The lowest BCUT2D eigenvalue weighted by Gasteiger charge is -2.07. The van der Waals surface area contributed by atoms with Gasteiger partial charge in [-0.15, -0.1) is 0 Å². The Morgan fingerprint density at radius 1 is 1.43 bits per heavy atom. The largest absolute Gasteiger partial charge is 0.489 e. The number of hydrogen-bond acceptors (Lipinski definition) is 2. The third kappa shape index (κ3) is 2.94. The highest BCUT2D eigenvalue weighted by Crippen LogP contribution is 2.06. The van der Waals surface area contributed by atoms with Crippen molar-refractivity contribution in [2.75, 3.05) is 11.9 Å². The summed E-state index contributed by atoms with van der Waals surface area (Å²) in [6.07, 6.45) is 0. The normalized spacial score (nSPS) is 9.21. The lowest BCUT2D eigenvalue weighted by atomic mass is 10.3. The monoisotopic (exact) mass is 191 g/mol. The number of carbonyl (C=O) groups is 1. The van der Waals surface area contributed by atoms with Gasteiger partial charge in [-0.2, -0.15) is 0 Å². The van der Waals surface area contributed by atoms with Crippen LogP contribution in [0.2, 0.25) is 0 Å². The Bertz CT molecular complexity index is 319. The zero-order valence-corrected chi connectivity index (χ0v) is 8.12. The molecule has 1 rings (SSSR count). The molecule has 1 aromatic carbocycles. The smallest absolute Gasteiger partial charge is 0.290 e. The second-order valence-electron chi connectivity index (χ2n) is 2.68. The van der Waals surface area contributed by atoms with Crippen LogP contribution in [-0.4, -0.2) is 12.5 Å². The molecule has 0 saturated heterocycles. The molecule has 0 aliphatic carbocycles. The quantitative estimate of drug-likeness (QED) is 0.585. The Morgan fingerprint density at radius 2 is 2.07 bits per heavy atom. The molecular formula is C11H13NO2. The molecule has 3 heteroatoms. The van der Waals surface area contributed by atoms with E-state index in [1.165, 1.54) is 0 Å². The molecule has 74 valence electrons. The number of rotatable bonds is 4. The molecule has 0 saturated carbocycles. The average Bonchev–Trinajstić information content (AvgIpc) is 2.19. The first kappa shape index (κ1) is 10.3. The number of nitrogens with one attached hydrogen (secondary N) is 1. The van der Waals surface area contributed by atoms with E-state index < -0.39 is 0 Å². The van der Waals surface area contributed by atoms with E-state index in [-0.39, 0.29) is 11.7 Å². The van der Waals surface area contributed by atoms with Crippen LogP contribution in [0.25, 0.3) is 0 Å². The first-order valence-electron chi connectivity index (χ1n) is 4.42. The summed E-state index contributed by atoms with van der Waals surface area (Å²) < 4.78 is 4.97. The second kappa shape index (κ2) is 5.07. The van der Waals surface area contributed by atoms with E-state index in [1.54, 1.807) is 19.1 Å². The van der Waals surface area contributed by atoms with Crippen LogP contribution in [0.4, 0.5) is 5.69 Å². The predicted octanol–water partition coefficient (Wildman–Crippen LogP) is 2.18. The maximum atomic E-state index is 11.4. The zero-order valence-electron chi connectivity index (χ0n) is 8.12. The van der Waals surface area contributed by atoms with Gasteiger partial charge in [-0.25, -0.2) is 0 Å². The average molecular weight is 191 g/mol. The summed E-state index contributed by atoms with van der Waals surface area (Å²) in [6, 6.07) is 9.18. The van der Waals surface area contributed by atoms with E-state index >= 15 is 0 Å². The fourth-order valence-corrected chi connectivity index (χ4v) is 0.962. The molecule has 0 radical (unpaired) electrons. The van der Waals surface area contributed by atoms with E-state index in [4.69, 9.17) is 4.74 Å². The Labute approximate surface area is 83.4 Å². The molecular weight excluding hydrogens is 178 g/mol. The van der Waals surface area contributed by atoms with Gasteiger partial charge in [0.25, 0.3) is 5.91 Å². The molecule has 0 aromatic heterocycles. The molecule has 0 atom stereocenters. The minimum Gasteiger partial charge on any atom is -0.489 e. The number of amides is 1. The fraction of sp³-hybridized carbons (Fsp3) is 0.182. The molecule has 0 fully saturated rings. The summed E-state index contributed by atoms with van der Waals surface area (Å²) in [5.41, 5.74) is 0.735. The summed E-state index contributed by atoms with van der Waals surface area (Å²) in [5, 5.41) is 2.66. The first-order chi connectivity index (χ1) is 6.74. The number of carbonyl (C=O) groups excluding carboxylic acids is 1. The van der Waals surface area contributed by atoms with Crippen LogP contribution in [0.3, 0.4) is 0 Å². The van der Waals surface area contributed by atoms with Crippen LogP contribution in [0.1, 0.15) is 6.92 Å². The topological polar surface area (TPSA) is 38.3 Å². The van der Waals surface area contributed by atoms with Gasteiger partial charge in [0.05, 0.1) is 6.61 Å². The molecule has 0 heterocycles. The fourth-order valence-electron chi connectivity index (χ4n) is 0.962. The Hall–Kier alpha value is -1.77. The van der Waals surface area contributed by atoms with E-state index in [9.17, 15) is 4.79 Å². The number of benzene rings is 1. The van der Waals surface area contributed by atoms with Crippen molar-refractivity contribution in [2.45, 2.75) is 6.92 Å². The number of hydrogen-bond donors (Lipinski definition) is 1. The van der Waals surface area contributed by atoms with Gasteiger partial charge in [0, 0.05) is 5.69 Å². The minimum absolute atomic E-state index is 0.136. The third-order valence-electron chi connectivity index (χ3n) is 1.60. The molecule has 1 aromatic rings. The van der Waals surface area contributed by atoms with Crippen LogP contribution in [0.5, 0.6) is 0 Å². The van der Waals surface area contributed by atoms with Gasteiger partial charge in [0.2, 0.25) is 0 Å². The zero-order chi connectivity index (χ0) is 10.4. The second-order valence-corrected chi connectivity index (χ2v) is 2.68. The summed E-state index contributed by atoms with van der Waals surface area (Å²) in [5.74, 6) is -0.172. The van der Waals surface area contributed by atoms with E-state index in [1.807, 2.05) is 18.2 Å². The van der Waals surface area contributed by atoms with Gasteiger partial charge in [-0.3, -0.25) is 4.79 Å². The molecule has 0 spiro atoms. The van der Waals surface area contributed by atoms with Crippen molar-refractivity contribution < 1.29 is 9.53 Å². The van der Waals surface area contributed by atoms with Crippen molar-refractivity contribution >= 4 is 11.6 Å². The van der Waals surface area contributed by atoms with Gasteiger partial charge in [-0.1, -0.05) is 24.8 Å².